The van der Waals surface area contributed by atoms with Crippen molar-refractivity contribution >= 4 is 46.0 Å². The number of para-hydroxylation sites is 3. The summed E-state index contributed by atoms with van der Waals surface area (Å²) in [6.07, 6.45) is 4.20. The van der Waals surface area contributed by atoms with Crippen molar-refractivity contribution in [2.45, 2.75) is 22.6 Å². The van der Waals surface area contributed by atoms with E-state index in [1.807, 2.05) is 65.2 Å². The van der Waals surface area contributed by atoms with E-state index in [1.54, 1.807) is 17.4 Å². The molecular weight excluding hydrogens is 410 g/mol. The van der Waals surface area contributed by atoms with Crippen LogP contribution in [0, 0.1) is 0 Å². The lowest BCUT2D eigenvalue weighted by Crippen LogP contribution is -2.49. The summed E-state index contributed by atoms with van der Waals surface area (Å²) < 4.78 is 1.90. The summed E-state index contributed by atoms with van der Waals surface area (Å²) >= 11 is 1.45. The monoisotopic (exact) mass is 427 g/mol. The van der Waals surface area contributed by atoms with Gasteiger partial charge in [0.2, 0.25) is 5.91 Å². The first-order chi connectivity index (χ1) is 15.2. The number of thioether (sulfide) groups is 1. The molecule has 1 atom stereocenters. The number of hydrogen-bond acceptors (Lipinski definition) is 5. The summed E-state index contributed by atoms with van der Waals surface area (Å²) in [5.74, 6) is 0.486. The lowest BCUT2D eigenvalue weighted by atomic mass is 10.1. The zero-order valence-corrected chi connectivity index (χ0v) is 17.2. The van der Waals surface area contributed by atoms with E-state index < -0.39 is 4.87 Å². The van der Waals surface area contributed by atoms with E-state index in [0.29, 0.717) is 24.3 Å². The van der Waals surface area contributed by atoms with E-state index in [1.165, 1.54) is 11.8 Å². The SMILES string of the molecule is O=C1CC[C@]2(C(=O)Nc3ccc(-n4cnc5ccccc54)nc3)Sc3ccccc3N12. The Hall–Kier alpha value is -3.65. The third-order valence-electron chi connectivity index (χ3n) is 5.73. The van der Waals surface area contributed by atoms with Gasteiger partial charge in [-0.25, -0.2) is 9.97 Å². The first-order valence-electron chi connectivity index (χ1n) is 9.97. The number of rotatable bonds is 3. The van der Waals surface area contributed by atoms with Crippen LogP contribution in [0.2, 0.25) is 0 Å². The molecule has 8 heteroatoms. The maximum absolute atomic E-state index is 13.4. The van der Waals surface area contributed by atoms with Crippen LogP contribution in [0.25, 0.3) is 16.9 Å². The summed E-state index contributed by atoms with van der Waals surface area (Å²) in [5, 5.41) is 2.97. The summed E-state index contributed by atoms with van der Waals surface area (Å²) in [6, 6.07) is 19.2. The lowest BCUT2D eigenvalue weighted by molar-refractivity contribution is -0.121. The van der Waals surface area contributed by atoms with Crippen LogP contribution in [0.4, 0.5) is 11.4 Å². The molecule has 0 unspecified atom stereocenters. The first-order valence-corrected chi connectivity index (χ1v) is 10.8. The molecule has 152 valence electrons. The van der Waals surface area contributed by atoms with Gasteiger partial charge in [-0.05, 0) is 42.8 Å². The lowest BCUT2D eigenvalue weighted by Gasteiger charge is -2.29. The maximum atomic E-state index is 13.4. The predicted molar refractivity (Wildman–Crippen MR) is 119 cm³/mol. The number of fused-ring (bicyclic) bond motifs is 4. The van der Waals surface area contributed by atoms with Gasteiger partial charge in [0, 0.05) is 11.3 Å². The molecule has 1 N–H and O–H groups in total. The fourth-order valence-corrected chi connectivity index (χ4v) is 5.69. The second-order valence-electron chi connectivity index (χ2n) is 7.55. The summed E-state index contributed by atoms with van der Waals surface area (Å²) in [4.78, 5) is 36.5. The molecule has 4 heterocycles. The van der Waals surface area contributed by atoms with Gasteiger partial charge in [0.25, 0.3) is 5.91 Å². The van der Waals surface area contributed by atoms with Crippen LogP contribution in [0.3, 0.4) is 0 Å². The van der Waals surface area contributed by atoms with Gasteiger partial charge in [0.05, 0.1) is 28.6 Å². The highest BCUT2D eigenvalue weighted by atomic mass is 32.2. The number of hydrogen-bond donors (Lipinski definition) is 1. The van der Waals surface area contributed by atoms with Crippen molar-refractivity contribution in [1.82, 2.24) is 14.5 Å². The van der Waals surface area contributed by atoms with Crippen molar-refractivity contribution in [3.05, 3.63) is 73.2 Å². The predicted octanol–water partition coefficient (Wildman–Crippen LogP) is 3.99. The topological polar surface area (TPSA) is 80.1 Å². The molecular formula is C23H17N5O2S. The standard InChI is InChI=1S/C23H17N5O2S/c29-21-11-12-23(28(21)18-7-3-4-8-19(18)31-23)22(30)26-15-9-10-20(24-13-15)27-14-25-16-5-1-2-6-17(16)27/h1-10,13-14H,11-12H2,(H,26,30)/t23-/m1/s1. The highest BCUT2D eigenvalue weighted by Gasteiger charge is 2.57. The third kappa shape index (κ3) is 2.68. The van der Waals surface area contributed by atoms with E-state index in [9.17, 15) is 9.59 Å². The molecule has 31 heavy (non-hydrogen) atoms. The Morgan fingerprint density at radius 2 is 1.87 bits per heavy atom. The first kappa shape index (κ1) is 18.1. The quantitative estimate of drug-likeness (QED) is 0.535. The number of carbonyl (C=O) groups is 2. The third-order valence-corrected chi connectivity index (χ3v) is 7.21. The molecule has 4 aromatic rings. The minimum absolute atomic E-state index is 0.0203. The number of nitrogens with zero attached hydrogens (tertiary/aromatic N) is 4. The number of amides is 2. The fourth-order valence-electron chi connectivity index (χ4n) is 4.27. The molecule has 2 aliphatic rings. The Bertz CT molecular complexity index is 1350. The van der Waals surface area contributed by atoms with E-state index in [2.05, 4.69) is 15.3 Å². The van der Waals surface area contributed by atoms with Crippen LogP contribution in [0.15, 0.2) is 78.1 Å². The summed E-state index contributed by atoms with van der Waals surface area (Å²) in [6.45, 7) is 0. The zero-order valence-electron chi connectivity index (χ0n) is 16.4. The Kier molecular flexibility index (Phi) is 3.91. The molecule has 0 bridgehead atoms. The summed E-state index contributed by atoms with van der Waals surface area (Å²) in [7, 11) is 0. The molecule has 2 aliphatic heterocycles. The number of carbonyl (C=O) groups excluding carboxylic acids is 2. The number of imidazole rings is 1. The van der Waals surface area contributed by atoms with E-state index >= 15 is 0 Å². The Morgan fingerprint density at radius 3 is 2.74 bits per heavy atom. The molecule has 2 amide bonds. The van der Waals surface area contributed by atoms with E-state index in [0.717, 1.165) is 21.6 Å². The molecule has 2 aromatic heterocycles. The van der Waals surface area contributed by atoms with Crippen molar-refractivity contribution in [3.63, 3.8) is 0 Å². The van der Waals surface area contributed by atoms with Gasteiger partial charge in [-0.15, -0.1) is 0 Å². The number of anilines is 2. The van der Waals surface area contributed by atoms with Crippen LogP contribution in [0.1, 0.15) is 12.8 Å². The minimum Gasteiger partial charge on any atom is -0.322 e. The van der Waals surface area contributed by atoms with Gasteiger partial charge >= 0.3 is 0 Å². The zero-order chi connectivity index (χ0) is 21.0. The van der Waals surface area contributed by atoms with Crippen molar-refractivity contribution in [2.24, 2.45) is 0 Å². The van der Waals surface area contributed by atoms with E-state index in [4.69, 9.17) is 0 Å². The van der Waals surface area contributed by atoms with Gasteiger partial charge in [0.1, 0.15) is 12.1 Å². The van der Waals surface area contributed by atoms with Crippen LogP contribution in [0.5, 0.6) is 0 Å². The van der Waals surface area contributed by atoms with Crippen LogP contribution < -0.4 is 10.2 Å². The smallest absolute Gasteiger partial charge is 0.261 e. The largest absolute Gasteiger partial charge is 0.322 e. The molecule has 1 fully saturated rings. The number of aromatic nitrogens is 3. The molecule has 2 aromatic carbocycles. The van der Waals surface area contributed by atoms with Gasteiger partial charge in [-0.3, -0.25) is 19.1 Å². The Balaban J connectivity index is 1.28. The maximum Gasteiger partial charge on any atom is 0.261 e. The normalized spacial score (nSPS) is 19.5. The second kappa shape index (κ2) is 6.68. The van der Waals surface area contributed by atoms with Crippen molar-refractivity contribution in [1.29, 1.82) is 0 Å². The Labute approximate surface area is 182 Å². The molecule has 1 saturated heterocycles. The minimum atomic E-state index is -0.944. The summed E-state index contributed by atoms with van der Waals surface area (Å²) in [5.41, 5.74) is 3.25. The second-order valence-corrected chi connectivity index (χ2v) is 8.87. The molecule has 0 radical (unpaired) electrons. The highest BCUT2D eigenvalue weighted by molar-refractivity contribution is 8.02. The average Bonchev–Trinajstić information content (AvgIpc) is 3.47. The van der Waals surface area contributed by atoms with Gasteiger partial charge in [0.15, 0.2) is 4.87 Å². The van der Waals surface area contributed by atoms with Crippen LogP contribution in [-0.4, -0.2) is 31.2 Å². The molecule has 6 rings (SSSR count). The Morgan fingerprint density at radius 1 is 1.03 bits per heavy atom. The average molecular weight is 427 g/mol. The van der Waals surface area contributed by atoms with Crippen LogP contribution in [-0.2, 0) is 9.59 Å². The molecule has 0 aliphatic carbocycles. The van der Waals surface area contributed by atoms with E-state index in [-0.39, 0.29) is 11.8 Å². The van der Waals surface area contributed by atoms with Gasteiger partial charge in [-0.1, -0.05) is 36.0 Å². The molecule has 0 spiro atoms. The molecule has 0 saturated carbocycles. The van der Waals surface area contributed by atoms with Crippen molar-refractivity contribution in [3.8, 4) is 5.82 Å². The van der Waals surface area contributed by atoms with Crippen molar-refractivity contribution < 1.29 is 9.59 Å². The number of benzene rings is 2. The van der Waals surface area contributed by atoms with Gasteiger partial charge < -0.3 is 5.32 Å². The van der Waals surface area contributed by atoms with Gasteiger partial charge in [-0.2, -0.15) is 0 Å². The molecule has 7 nitrogen and oxygen atoms in total. The number of pyridine rings is 1. The number of nitrogens with one attached hydrogen (secondary N) is 1. The highest BCUT2D eigenvalue weighted by Crippen LogP contribution is 2.56. The fraction of sp³-hybridized carbons (Fsp3) is 0.130. The van der Waals surface area contributed by atoms with Crippen molar-refractivity contribution in [2.75, 3.05) is 10.2 Å². The van der Waals surface area contributed by atoms with Crippen LogP contribution >= 0.6 is 11.8 Å².